The SMILES string of the molecule is CCc1ccc(CNC(=O)NCC#Cc2cccc(C(F)(F)F)c2)s1. The number of benzene rings is 1. The second-order valence-electron chi connectivity index (χ2n) is 5.14. The molecule has 0 saturated carbocycles. The zero-order chi connectivity index (χ0) is 18.3. The van der Waals surface area contributed by atoms with E-state index in [1.54, 1.807) is 11.3 Å². The lowest BCUT2D eigenvalue weighted by atomic mass is 10.1. The van der Waals surface area contributed by atoms with Gasteiger partial charge in [-0.2, -0.15) is 13.2 Å². The molecule has 0 atom stereocenters. The maximum absolute atomic E-state index is 12.6. The molecule has 0 radical (unpaired) electrons. The maximum Gasteiger partial charge on any atom is 0.416 e. The topological polar surface area (TPSA) is 41.1 Å². The molecular formula is C18H17F3N2OS. The van der Waals surface area contributed by atoms with Gasteiger partial charge in [0.05, 0.1) is 18.7 Å². The molecule has 2 aromatic rings. The Balaban J connectivity index is 1.79. The fourth-order valence-electron chi connectivity index (χ4n) is 1.98. The smallest absolute Gasteiger partial charge is 0.333 e. The van der Waals surface area contributed by atoms with Gasteiger partial charge in [0, 0.05) is 15.3 Å². The molecule has 7 heteroatoms. The van der Waals surface area contributed by atoms with Crippen LogP contribution in [-0.2, 0) is 19.1 Å². The monoisotopic (exact) mass is 366 g/mol. The fraction of sp³-hybridized carbons (Fsp3) is 0.278. The molecule has 0 saturated heterocycles. The average molecular weight is 366 g/mol. The van der Waals surface area contributed by atoms with Crippen molar-refractivity contribution in [3.05, 3.63) is 57.3 Å². The summed E-state index contributed by atoms with van der Waals surface area (Å²) in [6.07, 6.45) is -3.43. The van der Waals surface area contributed by atoms with Crippen molar-refractivity contribution in [2.45, 2.75) is 26.1 Å². The highest BCUT2D eigenvalue weighted by Crippen LogP contribution is 2.29. The fourth-order valence-corrected chi connectivity index (χ4v) is 2.88. The van der Waals surface area contributed by atoms with Crippen molar-refractivity contribution >= 4 is 17.4 Å². The van der Waals surface area contributed by atoms with E-state index in [9.17, 15) is 18.0 Å². The molecule has 1 aromatic heterocycles. The summed E-state index contributed by atoms with van der Waals surface area (Å²) in [4.78, 5) is 14.0. The van der Waals surface area contributed by atoms with Gasteiger partial charge in [0.15, 0.2) is 0 Å². The molecule has 1 aromatic carbocycles. The Kier molecular flexibility index (Phi) is 6.48. The third-order valence-electron chi connectivity index (χ3n) is 3.25. The molecular weight excluding hydrogens is 349 g/mol. The molecule has 3 nitrogen and oxygen atoms in total. The van der Waals surface area contributed by atoms with Gasteiger partial charge in [-0.1, -0.05) is 24.8 Å². The number of hydrogen-bond donors (Lipinski definition) is 2. The van der Waals surface area contributed by atoms with Gasteiger partial charge >= 0.3 is 12.2 Å². The van der Waals surface area contributed by atoms with Crippen LogP contribution in [0.4, 0.5) is 18.0 Å². The lowest BCUT2D eigenvalue weighted by Gasteiger charge is -2.06. The van der Waals surface area contributed by atoms with E-state index in [1.165, 1.54) is 17.0 Å². The van der Waals surface area contributed by atoms with Gasteiger partial charge in [0.2, 0.25) is 0 Å². The molecule has 132 valence electrons. The van der Waals surface area contributed by atoms with E-state index >= 15 is 0 Å². The molecule has 0 bridgehead atoms. The quantitative estimate of drug-likeness (QED) is 0.783. The zero-order valence-corrected chi connectivity index (χ0v) is 14.4. The van der Waals surface area contributed by atoms with E-state index in [0.29, 0.717) is 6.54 Å². The summed E-state index contributed by atoms with van der Waals surface area (Å²) in [6, 6.07) is 8.39. The number of carbonyl (C=O) groups is 1. The minimum Gasteiger partial charge on any atom is -0.333 e. The number of hydrogen-bond acceptors (Lipinski definition) is 2. The van der Waals surface area contributed by atoms with Gasteiger partial charge in [-0.3, -0.25) is 0 Å². The number of alkyl halides is 3. The summed E-state index contributed by atoms with van der Waals surface area (Å²) < 4.78 is 37.8. The number of amides is 2. The molecule has 0 fully saturated rings. The summed E-state index contributed by atoms with van der Waals surface area (Å²) in [6.45, 7) is 2.54. The average Bonchev–Trinajstić information content (AvgIpc) is 3.04. The Hall–Kier alpha value is -2.46. The molecule has 2 N–H and O–H groups in total. The van der Waals surface area contributed by atoms with Crippen molar-refractivity contribution in [3.8, 4) is 11.8 Å². The molecule has 0 unspecified atom stereocenters. The van der Waals surface area contributed by atoms with Crippen molar-refractivity contribution in [3.63, 3.8) is 0 Å². The number of rotatable bonds is 4. The zero-order valence-electron chi connectivity index (χ0n) is 13.5. The largest absolute Gasteiger partial charge is 0.416 e. The molecule has 1 heterocycles. The van der Waals surface area contributed by atoms with Crippen LogP contribution in [-0.4, -0.2) is 12.6 Å². The third-order valence-corrected chi connectivity index (χ3v) is 4.48. The summed E-state index contributed by atoms with van der Waals surface area (Å²) in [7, 11) is 0. The van der Waals surface area contributed by atoms with Crippen LogP contribution in [0.1, 0.15) is 27.8 Å². The summed E-state index contributed by atoms with van der Waals surface area (Å²) in [5, 5.41) is 5.26. The first-order chi connectivity index (χ1) is 11.9. The first-order valence-corrected chi connectivity index (χ1v) is 8.45. The molecule has 25 heavy (non-hydrogen) atoms. The number of halogens is 3. The van der Waals surface area contributed by atoms with Gasteiger partial charge < -0.3 is 10.6 Å². The maximum atomic E-state index is 12.6. The van der Waals surface area contributed by atoms with Crippen LogP contribution < -0.4 is 10.6 Å². The minimum absolute atomic E-state index is 0.0483. The van der Waals surface area contributed by atoms with Gasteiger partial charge in [-0.15, -0.1) is 11.3 Å². The van der Waals surface area contributed by atoms with E-state index < -0.39 is 11.7 Å². The number of thiophene rings is 1. The van der Waals surface area contributed by atoms with Crippen LogP contribution in [0.3, 0.4) is 0 Å². The lowest BCUT2D eigenvalue weighted by molar-refractivity contribution is -0.137. The highest BCUT2D eigenvalue weighted by atomic mass is 32.1. The van der Waals surface area contributed by atoms with E-state index in [0.717, 1.165) is 23.4 Å². The number of nitrogens with one attached hydrogen (secondary N) is 2. The lowest BCUT2D eigenvalue weighted by Crippen LogP contribution is -2.34. The normalized spacial score (nSPS) is 10.7. The predicted molar refractivity (Wildman–Crippen MR) is 92.3 cm³/mol. The van der Waals surface area contributed by atoms with Gasteiger partial charge in [-0.05, 0) is 36.8 Å². The second kappa shape index (κ2) is 8.58. The number of urea groups is 1. The van der Waals surface area contributed by atoms with Crippen molar-refractivity contribution in [2.24, 2.45) is 0 Å². The predicted octanol–water partition coefficient (Wildman–Crippen LogP) is 4.18. The molecule has 2 amide bonds. The van der Waals surface area contributed by atoms with Crippen LogP contribution in [0.2, 0.25) is 0 Å². The third kappa shape index (κ3) is 6.16. The van der Waals surface area contributed by atoms with Crippen LogP contribution in [0, 0.1) is 11.8 Å². The van der Waals surface area contributed by atoms with Crippen molar-refractivity contribution in [1.29, 1.82) is 0 Å². The van der Waals surface area contributed by atoms with E-state index in [4.69, 9.17) is 0 Å². The summed E-state index contributed by atoms with van der Waals surface area (Å²) in [5.74, 6) is 5.24. The van der Waals surface area contributed by atoms with Gasteiger partial charge in [0.1, 0.15) is 0 Å². The first-order valence-electron chi connectivity index (χ1n) is 7.64. The Bertz CT molecular complexity index is 787. The van der Waals surface area contributed by atoms with E-state index in [-0.39, 0.29) is 18.1 Å². The van der Waals surface area contributed by atoms with Crippen LogP contribution in [0.25, 0.3) is 0 Å². The van der Waals surface area contributed by atoms with E-state index in [1.807, 2.05) is 12.1 Å². The van der Waals surface area contributed by atoms with Gasteiger partial charge in [-0.25, -0.2) is 4.79 Å². The Morgan fingerprint density at radius 2 is 1.92 bits per heavy atom. The summed E-state index contributed by atoms with van der Waals surface area (Å²) >= 11 is 1.64. The standard InChI is InChI=1S/C18H17F3N2OS/c1-2-15-8-9-16(25-15)12-23-17(24)22-10-4-6-13-5-3-7-14(11-13)18(19,20)21/h3,5,7-9,11H,2,10,12H2,1H3,(H2,22,23,24). The first kappa shape index (κ1) is 18.9. The molecule has 0 aliphatic heterocycles. The van der Waals surface area contributed by atoms with Crippen LogP contribution >= 0.6 is 11.3 Å². The summed E-state index contributed by atoms with van der Waals surface area (Å²) in [5.41, 5.74) is -0.491. The Labute approximate surface area is 148 Å². The molecule has 0 aliphatic carbocycles. The molecule has 0 aliphatic rings. The Morgan fingerprint density at radius 3 is 2.60 bits per heavy atom. The minimum atomic E-state index is -4.39. The van der Waals surface area contributed by atoms with Gasteiger partial charge in [0.25, 0.3) is 0 Å². The van der Waals surface area contributed by atoms with E-state index in [2.05, 4.69) is 29.4 Å². The molecule has 0 spiro atoms. The highest BCUT2D eigenvalue weighted by molar-refractivity contribution is 7.11. The van der Waals surface area contributed by atoms with Crippen LogP contribution in [0.15, 0.2) is 36.4 Å². The highest BCUT2D eigenvalue weighted by Gasteiger charge is 2.30. The van der Waals surface area contributed by atoms with Crippen LogP contribution in [0.5, 0.6) is 0 Å². The molecule has 2 rings (SSSR count). The van der Waals surface area contributed by atoms with Crippen molar-refractivity contribution in [2.75, 3.05) is 6.54 Å². The number of carbonyl (C=O) groups excluding carboxylic acids is 1. The van der Waals surface area contributed by atoms with Crippen molar-refractivity contribution in [1.82, 2.24) is 10.6 Å². The Morgan fingerprint density at radius 1 is 1.16 bits per heavy atom. The van der Waals surface area contributed by atoms with Crippen molar-refractivity contribution < 1.29 is 18.0 Å². The second-order valence-corrected chi connectivity index (χ2v) is 6.39. The number of aryl methyl sites for hydroxylation is 1.